The van der Waals surface area contributed by atoms with Crippen molar-refractivity contribution in [3.05, 3.63) is 11.6 Å². The van der Waals surface area contributed by atoms with Crippen LogP contribution >= 0.6 is 0 Å². The maximum Gasteiger partial charge on any atom is 0.126 e. The van der Waals surface area contributed by atoms with Crippen molar-refractivity contribution in [3.63, 3.8) is 0 Å². The van der Waals surface area contributed by atoms with Crippen molar-refractivity contribution < 1.29 is 19.7 Å². The Labute approximate surface area is 113 Å². The van der Waals surface area contributed by atoms with Crippen molar-refractivity contribution in [2.75, 3.05) is 13.2 Å². The molecule has 2 aliphatic heterocycles. The van der Waals surface area contributed by atoms with Gasteiger partial charge in [0.2, 0.25) is 0 Å². The molecule has 0 unspecified atom stereocenters. The van der Waals surface area contributed by atoms with Gasteiger partial charge in [-0.05, 0) is 18.4 Å². The number of hydrogen-bond donors (Lipinski definition) is 2. The molecular weight excluding hydrogens is 244 g/mol. The smallest absolute Gasteiger partial charge is 0.126 e. The zero-order valence-corrected chi connectivity index (χ0v) is 11.6. The van der Waals surface area contributed by atoms with E-state index in [1.54, 1.807) is 0 Å². The van der Waals surface area contributed by atoms with Gasteiger partial charge in [-0.1, -0.05) is 19.9 Å². The Hall–Kier alpha value is -0.420. The third-order valence-electron chi connectivity index (χ3n) is 6.64. The Morgan fingerprint density at radius 1 is 1.42 bits per heavy atom. The van der Waals surface area contributed by atoms with Crippen LogP contribution in [0.3, 0.4) is 0 Å². The van der Waals surface area contributed by atoms with Gasteiger partial charge in [-0.2, -0.15) is 0 Å². The zero-order valence-electron chi connectivity index (χ0n) is 11.6. The Balaban J connectivity index is 1.83. The molecule has 0 radical (unpaired) electrons. The maximum absolute atomic E-state index is 10.6. The molecule has 0 aromatic heterocycles. The number of aliphatic hydroxyl groups excluding tert-OH is 2. The monoisotopic (exact) mass is 266 g/mol. The van der Waals surface area contributed by atoms with Gasteiger partial charge < -0.3 is 19.7 Å². The summed E-state index contributed by atoms with van der Waals surface area (Å²) in [5.74, 6) is 0. The lowest BCUT2D eigenvalue weighted by Crippen LogP contribution is -2.63. The van der Waals surface area contributed by atoms with Crippen molar-refractivity contribution >= 4 is 0 Å². The van der Waals surface area contributed by atoms with Gasteiger partial charge in [0.15, 0.2) is 0 Å². The molecule has 4 heteroatoms. The molecule has 6 atom stereocenters. The van der Waals surface area contributed by atoms with Gasteiger partial charge in [-0.25, -0.2) is 0 Å². The second-order valence-corrected chi connectivity index (χ2v) is 7.08. The zero-order chi connectivity index (χ0) is 13.5. The third-order valence-corrected chi connectivity index (χ3v) is 6.64. The molecule has 4 aliphatic rings. The second-order valence-electron chi connectivity index (χ2n) is 7.08. The van der Waals surface area contributed by atoms with E-state index >= 15 is 0 Å². The molecule has 1 saturated carbocycles. The van der Waals surface area contributed by atoms with Crippen LogP contribution in [0.25, 0.3) is 0 Å². The molecular formula is C15H22O4. The molecule has 106 valence electrons. The summed E-state index contributed by atoms with van der Waals surface area (Å²) in [6, 6.07) is 0. The van der Waals surface area contributed by atoms with E-state index in [2.05, 4.69) is 19.9 Å². The first-order valence-corrected chi connectivity index (χ1v) is 7.26. The van der Waals surface area contributed by atoms with Crippen LogP contribution in [0.1, 0.15) is 33.1 Å². The molecule has 2 N–H and O–H groups in total. The highest BCUT2D eigenvalue weighted by Gasteiger charge is 2.80. The first kappa shape index (κ1) is 12.3. The fourth-order valence-corrected chi connectivity index (χ4v) is 4.94. The van der Waals surface area contributed by atoms with Crippen molar-refractivity contribution in [1.29, 1.82) is 0 Å². The third kappa shape index (κ3) is 1.16. The molecule has 4 nitrogen and oxygen atoms in total. The van der Waals surface area contributed by atoms with Gasteiger partial charge in [0, 0.05) is 17.3 Å². The second kappa shape index (κ2) is 3.42. The summed E-state index contributed by atoms with van der Waals surface area (Å²) in [4.78, 5) is 0. The standard InChI is InChI=1S/C15H22O4/c1-13-4-3-9(7-16)5-11(13)19-12-6-10(17)14(13,2)15(12)8-18-15/h5,10-12,16-17H,3-4,6-8H2,1-2H3/t10-,11-,12-,13+,14-,15+/m1/s1. The Morgan fingerprint density at radius 3 is 2.79 bits per heavy atom. The highest BCUT2D eigenvalue weighted by Crippen LogP contribution is 2.71. The van der Waals surface area contributed by atoms with E-state index in [-0.39, 0.29) is 41.3 Å². The van der Waals surface area contributed by atoms with Crippen LogP contribution in [0.15, 0.2) is 11.6 Å². The lowest BCUT2D eigenvalue weighted by Gasteiger charge is -2.57. The summed E-state index contributed by atoms with van der Waals surface area (Å²) in [6.45, 7) is 5.22. The molecule has 0 aromatic carbocycles. The summed E-state index contributed by atoms with van der Waals surface area (Å²) in [6.07, 6.45) is 4.21. The van der Waals surface area contributed by atoms with Crippen LogP contribution in [0, 0.1) is 10.8 Å². The highest BCUT2D eigenvalue weighted by atomic mass is 16.6. The van der Waals surface area contributed by atoms with Crippen LogP contribution < -0.4 is 0 Å². The quantitative estimate of drug-likeness (QED) is 0.549. The predicted molar refractivity (Wildman–Crippen MR) is 68.6 cm³/mol. The van der Waals surface area contributed by atoms with E-state index in [1.165, 1.54) is 0 Å². The normalized spacial score (nSPS) is 58.9. The Kier molecular flexibility index (Phi) is 2.22. The summed E-state index contributed by atoms with van der Waals surface area (Å²) in [5.41, 5.74) is 0.439. The Bertz CT molecular complexity index is 455. The number of ether oxygens (including phenoxy) is 2. The minimum atomic E-state index is -0.362. The lowest BCUT2D eigenvalue weighted by atomic mass is 9.52. The number of rotatable bonds is 1. The first-order chi connectivity index (χ1) is 8.98. The SMILES string of the molecule is C[C@@]12[C@H](O)C[C@@H](O[C@@H]3C=C(CO)CC[C@@]31C)[C@@]21CO1. The van der Waals surface area contributed by atoms with Gasteiger partial charge in [0.05, 0.1) is 31.5 Å². The molecule has 4 rings (SSSR count). The molecule has 2 heterocycles. The largest absolute Gasteiger partial charge is 0.392 e. The Morgan fingerprint density at radius 2 is 2.16 bits per heavy atom. The van der Waals surface area contributed by atoms with Crippen molar-refractivity contribution in [2.45, 2.75) is 57.0 Å². The molecule has 2 aliphatic carbocycles. The average Bonchev–Trinajstić information content (AvgIpc) is 3.16. The van der Waals surface area contributed by atoms with Gasteiger partial charge >= 0.3 is 0 Å². The summed E-state index contributed by atoms with van der Waals surface area (Å²) in [7, 11) is 0. The number of aliphatic hydroxyl groups is 2. The number of hydrogen-bond acceptors (Lipinski definition) is 4. The van der Waals surface area contributed by atoms with Crippen LogP contribution in [0.5, 0.6) is 0 Å². The fraction of sp³-hybridized carbons (Fsp3) is 0.867. The topological polar surface area (TPSA) is 62.2 Å². The van der Waals surface area contributed by atoms with Gasteiger partial charge in [-0.3, -0.25) is 0 Å². The summed E-state index contributed by atoms with van der Waals surface area (Å²) >= 11 is 0. The van der Waals surface area contributed by atoms with E-state index in [0.29, 0.717) is 13.0 Å². The van der Waals surface area contributed by atoms with Crippen LogP contribution in [0.4, 0.5) is 0 Å². The molecule has 0 aromatic rings. The van der Waals surface area contributed by atoms with Gasteiger partial charge in [0.1, 0.15) is 5.60 Å². The molecule has 0 amide bonds. The summed E-state index contributed by atoms with van der Waals surface area (Å²) < 4.78 is 12.1. The molecule has 1 spiro atoms. The fourth-order valence-electron chi connectivity index (χ4n) is 4.94. The predicted octanol–water partition coefficient (Wildman–Crippen LogP) is 1.01. The molecule has 2 bridgehead atoms. The van der Waals surface area contributed by atoms with Crippen molar-refractivity contribution in [2.24, 2.45) is 10.8 Å². The van der Waals surface area contributed by atoms with E-state index in [1.807, 2.05) is 0 Å². The highest BCUT2D eigenvalue weighted by molar-refractivity contribution is 5.31. The molecule has 3 fully saturated rings. The van der Waals surface area contributed by atoms with Crippen molar-refractivity contribution in [3.8, 4) is 0 Å². The average molecular weight is 266 g/mol. The van der Waals surface area contributed by atoms with E-state index in [4.69, 9.17) is 9.47 Å². The van der Waals surface area contributed by atoms with Crippen LogP contribution in [-0.2, 0) is 9.47 Å². The molecule has 19 heavy (non-hydrogen) atoms. The van der Waals surface area contributed by atoms with Gasteiger partial charge in [-0.15, -0.1) is 0 Å². The van der Waals surface area contributed by atoms with E-state index in [0.717, 1.165) is 18.4 Å². The minimum Gasteiger partial charge on any atom is -0.392 e. The van der Waals surface area contributed by atoms with Crippen molar-refractivity contribution in [1.82, 2.24) is 0 Å². The van der Waals surface area contributed by atoms with E-state index < -0.39 is 0 Å². The van der Waals surface area contributed by atoms with Gasteiger partial charge in [0.25, 0.3) is 0 Å². The number of epoxide rings is 1. The van der Waals surface area contributed by atoms with Crippen LogP contribution in [0.2, 0.25) is 0 Å². The van der Waals surface area contributed by atoms with E-state index in [9.17, 15) is 10.2 Å². The maximum atomic E-state index is 10.6. The lowest BCUT2D eigenvalue weighted by molar-refractivity contribution is -0.204. The number of fused-ring (bicyclic) bond motifs is 2. The molecule has 2 saturated heterocycles. The first-order valence-electron chi connectivity index (χ1n) is 7.26. The summed E-state index contributed by atoms with van der Waals surface area (Å²) in [5, 5.41) is 20.0. The minimum absolute atomic E-state index is 0.000122. The van der Waals surface area contributed by atoms with Crippen LogP contribution in [-0.4, -0.2) is 47.3 Å².